The van der Waals surface area contributed by atoms with Crippen molar-refractivity contribution in [2.45, 2.75) is 82.1 Å². The molecule has 0 spiro atoms. The van der Waals surface area contributed by atoms with E-state index in [9.17, 15) is 14.4 Å². The van der Waals surface area contributed by atoms with Crippen LogP contribution in [0, 0.1) is 0 Å². The number of carbonyl (C=O) groups excluding carboxylic acids is 3. The minimum Gasteiger partial charge on any atom is -0.497 e. The number of benzene rings is 2. The number of nitrogens with one attached hydrogen (secondary N) is 2. The fourth-order valence-corrected chi connectivity index (χ4v) is 5.55. The molecular formula is C32H39BrClN3O5. The predicted octanol–water partition coefficient (Wildman–Crippen LogP) is 7.84. The summed E-state index contributed by atoms with van der Waals surface area (Å²) in [5.74, 6) is -1.25. The summed E-state index contributed by atoms with van der Waals surface area (Å²) < 4.78 is 11.7. The van der Waals surface area contributed by atoms with Crippen molar-refractivity contribution in [3.05, 3.63) is 76.5 Å². The number of anilines is 1. The molecule has 3 rings (SSSR count). The highest BCUT2D eigenvalue weighted by molar-refractivity contribution is 9.10. The zero-order chi connectivity index (χ0) is 30.3. The van der Waals surface area contributed by atoms with Gasteiger partial charge in [-0.2, -0.15) is 5.10 Å². The SMILES string of the molecule is CCCCCCCC(CCC(Cl)C(C(=O)c1ccc(OC)cc1)c1[nH]ncc1Br)OC(=O)CC(=O)Nc1ccccc1. The number of rotatable bonds is 18. The summed E-state index contributed by atoms with van der Waals surface area (Å²) in [5.41, 5.74) is 1.70. The largest absolute Gasteiger partial charge is 0.497 e. The minimum absolute atomic E-state index is 0.159. The van der Waals surface area contributed by atoms with E-state index in [4.69, 9.17) is 21.1 Å². The molecule has 1 aromatic heterocycles. The molecule has 0 fully saturated rings. The molecule has 8 nitrogen and oxygen atoms in total. The average molecular weight is 661 g/mol. The third-order valence-electron chi connectivity index (χ3n) is 7.00. The first-order valence-electron chi connectivity index (χ1n) is 14.4. The van der Waals surface area contributed by atoms with Crippen LogP contribution in [0.3, 0.4) is 0 Å². The van der Waals surface area contributed by atoms with Gasteiger partial charge < -0.3 is 14.8 Å². The quantitative estimate of drug-likeness (QED) is 0.0473. The first-order valence-corrected chi connectivity index (χ1v) is 15.6. The molecule has 1 heterocycles. The average Bonchev–Trinajstić information content (AvgIpc) is 3.41. The smallest absolute Gasteiger partial charge is 0.315 e. The van der Waals surface area contributed by atoms with Gasteiger partial charge in [0.25, 0.3) is 0 Å². The number of carbonyl (C=O) groups is 3. The molecule has 0 saturated heterocycles. The lowest BCUT2D eigenvalue weighted by molar-refractivity contribution is -0.151. The van der Waals surface area contributed by atoms with E-state index in [0.29, 0.717) is 46.4 Å². The number of para-hydroxylation sites is 1. The summed E-state index contributed by atoms with van der Waals surface area (Å²) in [7, 11) is 1.57. The molecule has 0 radical (unpaired) electrons. The predicted molar refractivity (Wildman–Crippen MR) is 168 cm³/mol. The lowest BCUT2D eigenvalue weighted by Crippen LogP contribution is -2.27. The number of aromatic amines is 1. The van der Waals surface area contributed by atoms with E-state index in [1.807, 2.05) is 6.07 Å². The maximum absolute atomic E-state index is 13.7. The van der Waals surface area contributed by atoms with Crippen LogP contribution >= 0.6 is 27.5 Å². The fraction of sp³-hybridized carbons (Fsp3) is 0.438. The van der Waals surface area contributed by atoms with Gasteiger partial charge in [-0.25, -0.2) is 0 Å². The molecule has 3 aromatic rings. The van der Waals surface area contributed by atoms with Gasteiger partial charge in [-0.05, 0) is 78.0 Å². The van der Waals surface area contributed by atoms with Crippen molar-refractivity contribution >= 4 is 50.9 Å². The standard InChI is InChI=1S/C32H39BrClN3O5/c1-3-4-5-6-10-13-25(42-29(39)20-28(38)36-23-11-8-7-9-12-23)18-19-27(34)30(31-26(33)21-35-37-31)32(40)22-14-16-24(41-2)17-15-22/h7-9,11-12,14-17,21,25,27,30H,3-6,10,13,18-20H2,1-2H3,(H,35,37)(H,36,38). The number of nitrogens with zero attached hydrogens (tertiary/aromatic N) is 1. The molecule has 226 valence electrons. The number of ether oxygens (including phenoxy) is 2. The Kier molecular flexibility index (Phi) is 14.1. The van der Waals surface area contributed by atoms with Crippen molar-refractivity contribution < 1.29 is 23.9 Å². The topological polar surface area (TPSA) is 110 Å². The zero-order valence-corrected chi connectivity index (χ0v) is 26.5. The molecule has 2 N–H and O–H groups in total. The first kappa shape index (κ1) is 33.3. The number of aromatic nitrogens is 2. The van der Waals surface area contributed by atoms with Crippen molar-refractivity contribution in [3.8, 4) is 5.75 Å². The Morgan fingerprint density at radius 3 is 2.33 bits per heavy atom. The van der Waals surface area contributed by atoms with E-state index in [2.05, 4.69) is 38.4 Å². The fourth-order valence-electron chi connectivity index (χ4n) is 4.75. The summed E-state index contributed by atoms with van der Waals surface area (Å²) in [6.45, 7) is 2.16. The third kappa shape index (κ3) is 10.6. The van der Waals surface area contributed by atoms with Crippen molar-refractivity contribution in [1.29, 1.82) is 0 Å². The molecule has 3 atom stereocenters. The van der Waals surface area contributed by atoms with Gasteiger partial charge in [-0.1, -0.05) is 50.8 Å². The number of esters is 1. The van der Waals surface area contributed by atoms with Gasteiger partial charge in [0.15, 0.2) is 5.78 Å². The van der Waals surface area contributed by atoms with Gasteiger partial charge in [0.05, 0.1) is 29.4 Å². The molecule has 0 saturated carbocycles. The summed E-state index contributed by atoms with van der Waals surface area (Å²) in [4.78, 5) is 38.8. The van der Waals surface area contributed by atoms with E-state index >= 15 is 0 Å². The van der Waals surface area contributed by atoms with Crippen LogP contribution in [0.4, 0.5) is 5.69 Å². The Bertz CT molecular complexity index is 1270. The summed E-state index contributed by atoms with van der Waals surface area (Å²) in [5, 5.41) is 9.10. The van der Waals surface area contributed by atoms with Gasteiger partial charge in [-0.15, -0.1) is 11.6 Å². The summed E-state index contributed by atoms with van der Waals surface area (Å²) in [6, 6.07) is 15.9. The van der Waals surface area contributed by atoms with Gasteiger partial charge in [0.1, 0.15) is 18.3 Å². The normalized spacial score (nSPS) is 13.1. The highest BCUT2D eigenvalue weighted by Gasteiger charge is 2.33. The number of Topliss-reactive ketones (excluding diaryl/α,β-unsaturated/α-hetero) is 1. The van der Waals surface area contributed by atoms with E-state index in [-0.39, 0.29) is 12.2 Å². The van der Waals surface area contributed by atoms with E-state index < -0.39 is 29.3 Å². The molecule has 3 unspecified atom stereocenters. The number of hydrogen-bond acceptors (Lipinski definition) is 6. The molecule has 1 amide bonds. The third-order valence-corrected chi connectivity index (χ3v) is 8.11. The molecule has 10 heteroatoms. The molecular weight excluding hydrogens is 622 g/mol. The van der Waals surface area contributed by atoms with Gasteiger partial charge in [0.2, 0.25) is 5.91 Å². The molecule has 0 bridgehead atoms. The minimum atomic E-state index is -0.713. The maximum Gasteiger partial charge on any atom is 0.315 e. The molecule has 42 heavy (non-hydrogen) atoms. The van der Waals surface area contributed by atoms with E-state index in [1.165, 1.54) is 0 Å². The second-order valence-corrected chi connectivity index (χ2v) is 11.6. The highest BCUT2D eigenvalue weighted by atomic mass is 79.9. The number of halogens is 2. The van der Waals surface area contributed by atoms with Gasteiger partial charge in [0, 0.05) is 16.6 Å². The van der Waals surface area contributed by atoms with Crippen molar-refractivity contribution in [2.75, 3.05) is 12.4 Å². The lowest BCUT2D eigenvalue weighted by atomic mass is 9.88. The highest BCUT2D eigenvalue weighted by Crippen LogP contribution is 2.34. The Morgan fingerprint density at radius 2 is 1.69 bits per heavy atom. The number of alkyl halides is 1. The molecule has 2 aromatic carbocycles. The Labute approximate surface area is 261 Å². The Hall–Kier alpha value is -3.17. The molecule has 0 aliphatic heterocycles. The summed E-state index contributed by atoms with van der Waals surface area (Å²) in [6.07, 6.45) is 7.62. The van der Waals surface area contributed by atoms with Crippen LogP contribution in [0.2, 0.25) is 0 Å². The second-order valence-electron chi connectivity index (χ2n) is 10.2. The number of unbranched alkanes of at least 4 members (excludes halogenated alkanes) is 4. The maximum atomic E-state index is 13.7. The number of amides is 1. The van der Waals surface area contributed by atoms with Crippen LogP contribution in [-0.4, -0.2) is 46.4 Å². The van der Waals surface area contributed by atoms with Crippen molar-refractivity contribution in [2.24, 2.45) is 0 Å². The van der Waals surface area contributed by atoms with Crippen molar-refractivity contribution in [3.63, 3.8) is 0 Å². The number of hydrogen-bond donors (Lipinski definition) is 2. The van der Waals surface area contributed by atoms with E-state index in [0.717, 1.165) is 32.1 Å². The van der Waals surface area contributed by atoms with E-state index in [1.54, 1.807) is 61.8 Å². The van der Waals surface area contributed by atoms with Crippen LogP contribution in [0.5, 0.6) is 5.75 Å². The van der Waals surface area contributed by atoms with Crippen LogP contribution in [-0.2, 0) is 14.3 Å². The number of ketones is 1. The zero-order valence-electron chi connectivity index (χ0n) is 24.1. The summed E-state index contributed by atoms with van der Waals surface area (Å²) >= 11 is 10.4. The van der Waals surface area contributed by atoms with Gasteiger partial charge in [-0.3, -0.25) is 19.5 Å². The first-order chi connectivity index (χ1) is 20.3. The Morgan fingerprint density at radius 1 is 0.976 bits per heavy atom. The van der Waals surface area contributed by atoms with Crippen LogP contribution in [0.15, 0.2) is 65.3 Å². The van der Waals surface area contributed by atoms with Crippen LogP contribution < -0.4 is 10.1 Å². The monoisotopic (exact) mass is 659 g/mol. The lowest BCUT2D eigenvalue weighted by Gasteiger charge is -2.24. The van der Waals surface area contributed by atoms with Gasteiger partial charge >= 0.3 is 5.97 Å². The van der Waals surface area contributed by atoms with Crippen LogP contribution in [0.25, 0.3) is 0 Å². The van der Waals surface area contributed by atoms with Crippen LogP contribution in [0.1, 0.15) is 86.7 Å². The Balaban J connectivity index is 1.67. The molecule has 0 aliphatic carbocycles. The molecule has 0 aliphatic rings. The number of methoxy groups -OCH3 is 1. The second kappa shape index (κ2) is 17.7. The number of H-pyrrole nitrogens is 1. The van der Waals surface area contributed by atoms with Crippen molar-refractivity contribution in [1.82, 2.24) is 10.2 Å².